The maximum absolute atomic E-state index is 6.19. The van der Waals surface area contributed by atoms with Crippen molar-refractivity contribution in [3.05, 3.63) is 0 Å². The average Bonchev–Trinajstić information content (AvgIpc) is 2.56. The fourth-order valence-corrected chi connectivity index (χ4v) is 7.36. The van der Waals surface area contributed by atoms with Crippen molar-refractivity contribution < 1.29 is 18.6 Å². The Morgan fingerprint density at radius 3 is 2.22 bits per heavy atom. The van der Waals surface area contributed by atoms with Gasteiger partial charge in [0.25, 0.3) is 0 Å². The van der Waals surface area contributed by atoms with Crippen LogP contribution in [-0.4, -0.2) is 54.3 Å². The van der Waals surface area contributed by atoms with Gasteiger partial charge in [-0.25, -0.2) is 0 Å². The van der Waals surface area contributed by atoms with E-state index in [0.717, 1.165) is 45.4 Å². The van der Waals surface area contributed by atoms with Crippen LogP contribution in [0.1, 0.15) is 72.1 Å². The molecular weight excluding hydrogens is 356 g/mol. The van der Waals surface area contributed by atoms with Crippen molar-refractivity contribution in [3.63, 3.8) is 0 Å². The van der Waals surface area contributed by atoms with Crippen LogP contribution in [0.5, 0.6) is 0 Å². The number of rotatable bonds is 17. The number of hydrogen-bond donors (Lipinski definition) is 0. The summed E-state index contributed by atoms with van der Waals surface area (Å²) < 4.78 is 23.5. The first kappa shape index (κ1) is 23.3. The van der Waals surface area contributed by atoms with E-state index in [9.17, 15) is 0 Å². The maximum Gasteiger partial charge on any atom is 0.177 e. The van der Waals surface area contributed by atoms with E-state index in [2.05, 4.69) is 20.8 Å². The second kappa shape index (κ2) is 14.1. The molecule has 0 aromatic rings. The predicted octanol–water partition coefficient (Wildman–Crippen LogP) is 4.95. The SMILES string of the molecule is CCCC(C[SiH](CCCCCOCC(CC)C1CCO1)OCC)C1CCO1. The third-order valence-electron chi connectivity index (χ3n) is 6.32. The number of unbranched alkanes of at least 4 members (excludes halogenated alkanes) is 2. The molecule has 5 atom stereocenters. The highest BCUT2D eigenvalue weighted by Gasteiger charge is 2.30. The zero-order valence-corrected chi connectivity index (χ0v) is 19.3. The van der Waals surface area contributed by atoms with Crippen molar-refractivity contribution in [1.29, 1.82) is 0 Å². The van der Waals surface area contributed by atoms with Crippen LogP contribution < -0.4 is 0 Å². The van der Waals surface area contributed by atoms with Gasteiger partial charge in [0.15, 0.2) is 9.04 Å². The van der Waals surface area contributed by atoms with Gasteiger partial charge in [-0.2, -0.15) is 0 Å². The third-order valence-corrected chi connectivity index (χ3v) is 9.31. The van der Waals surface area contributed by atoms with Gasteiger partial charge in [-0.15, -0.1) is 0 Å². The Hall–Kier alpha value is 0.0569. The number of ether oxygens (including phenoxy) is 3. The van der Waals surface area contributed by atoms with E-state index in [0.29, 0.717) is 18.1 Å². The van der Waals surface area contributed by atoms with E-state index in [4.69, 9.17) is 18.6 Å². The molecule has 2 rings (SSSR count). The van der Waals surface area contributed by atoms with E-state index >= 15 is 0 Å². The molecule has 0 aliphatic carbocycles. The van der Waals surface area contributed by atoms with Crippen LogP contribution in [0.3, 0.4) is 0 Å². The summed E-state index contributed by atoms with van der Waals surface area (Å²) in [6.45, 7) is 11.3. The fraction of sp³-hybridized carbons (Fsp3) is 1.00. The molecule has 0 saturated carbocycles. The third kappa shape index (κ3) is 8.53. The zero-order chi connectivity index (χ0) is 19.3. The van der Waals surface area contributed by atoms with Crippen LogP contribution in [0, 0.1) is 11.8 Å². The van der Waals surface area contributed by atoms with Gasteiger partial charge in [-0.05, 0) is 57.0 Å². The van der Waals surface area contributed by atoms with Gasteiger partial charge in [0, 0.05) is 32.3 Å². The minimum Gasteiger partial charge on any atom is -0.420 e. The van der Waals surface area contributed by atoms with E-state index in [1.165, 1.54) is 57.0 Å². The van der Waals surface area contributed by atoms with Crippen molar-refractivity contribution in [1.82, 2.24) is 0 Å². The van der Waals surface area contributed by atoms with E-state index in [1.54, 1.807) is 0 Å². The Labute approximate surface area is 169 Å². The standard InChI is InChI=1S/C22H44O4Si/c1-4-10-20(22-12-15-25-22)18-27(26-6-3)16-9-7-8-13-23-17-19(5-2)21-11-14-24-21/h19-22,27H,4-18H2,1-3H3. The van der Waals surface area contributed by atoms with E-state index < -0.39 is 9.04 Å². The lowest BCUT2D eigenvalue weighted by molar-refractivity contribution is -0.103. The smallest absolute Gasteiger partial charge is 0.177 e. The average molecular weight is 401 g/mol. The minimum atomic E-state index is -1.09. The Bertz CT molecular complexity index is 360. The van der Waals surface area contributed by atoms with E-state index in [-0.39, 0.29) is 0 Å². The molecule has 27 heavy (non-hydrogen) atoms. The van der Waals surface area contributed by atoms with Crippen LogP contribution in [0.25, 0.3) is 0 Å². The topological polar surface area (TPSA) is 36.9 Å². The van der Waals surface area contributed by atoms with E-state index in [1.807, 2.05) is 0 Å². The lowest BCUT2D eigenvalue weighted by Gasteiger charge is -2.35. The first-order valence-electron chi connectivity index (χ1n) is 11.7. The highest BCUT2D eigenvalue weighted by Crippen LogP contribution is 2.30. The van der Waals surface area contributed by atoms with Crippen LogP contribution >= 0.6 is 0 Å². The van der Waals surface area contributed by atoms with Crippen LogP contribution in [-0.2, 0) is 18.6 Å². The van der Waals surface area contributed by atoms with Gasteiger partial charge < -0.3 is 18.6 Å². The molecule has 0 radical (unpaired) electrons. The van der Waals surface area contributed by atoms with Gasteiger partial charge in [-0.1, -0.05) is 33.1 Å². The summed E-state index contributed by atoms with van der Waals surface area (Å²) >= 11 is 0. The van der Waals surface area contributed by atoms with Crippen LogP contribution in [0.4, 0.5) is 0 Å². The van der Waals surface area contributed by atoms with Gasteiger partial charge in [0.05, 0.1) is 18.8 Å². The molecule has 2 fully saturated rings. The summed E-state index contributed by atoms with van der Waals surface area (Å²) in [5.74, 6) is 1.34. The van der Waals surface area contributed by atoms with Crippen molar-refractivity contribution in [3.8, 4) is 0 Å². The highest BCUT2D eigenvalue weighted by atomic mass is 28.3. The van der Waals surface area contributed by atoms with Crippen LogP contribution in [0.15, 0.2) is 0 Å². The Kier molecular flexibility index (Phi) is 12.2. The molecule has 0 aromatic heterocycles. The maximum atomic E-state index is 6.19. The van der Waals surface area contributed by atoms with Crippen molar-refractivity contribution >= 4 is 9.04 Å². The van der Waals surface area contributed by atoms with Crippen LogP contribution in [0.2, 0.25) is 12.1 Å². The molecule has 0 bridgehead atoms. The largest absolute Gasteiger partial charge is 0.420 e. The predicted molar refractivity (Wildman–Crippen MR) is 114 cm³/mol. The Morgan fingerprint density at radius 1 is 0.963 bits per heavy atom. The quantitative estimate of drug-likeness (QED) is 0.256. The van der Waals surface area contributed by atoms with Gasteiger partial charge in [-0.3, -0.25) is 0 Å². The van der Waals surface area contributed by atoms with Gasteiger partial charge in [0.2, 0.25) is 0 Å². The molecular formula is C22H44O4Si. The molecule has 160 valence electrons. The normalized spacial score (nSPS) is 25.4. The molecule has 2 aliphatic rings. The molecule has 2 aliphatic heterocycles. The minimum absolute atomic E-state index is 0.462. The second-order valence-corrected chi connectivity index (χ2v) is 11.0. The lowest BCUT2D eigenvalue weighted by Crippen LogP contribution is -2.37. The molecule has 0 N–H and O–H groups in total. The molecule has 4 nitrogen and oxygen atoms in total. The zero-order valence-electron chi connectivity index (χ0n) is 18.1. The van der Waals surface area contributed by atoms with Crippen molar-refractivity contribution in [2.24, 2.45) is 11.8 Å². The molecule has 5 heteroatoms. The Balaban J connectivity index is 1.54. The summed E-state index contributed by atoms with van der Waals surface area (Å²) in [7, 11) is -1.09. The molecule has 0 aromatic carbocycles. The lowest BCUT2D eigenvalue weighted by atomic mass is 9.94. The van der Waals surface area contributed by atoms with Crippen molar-refractivity contribution in [2.45, 2.75) is 96.4 Å². The molecule has 0 spiro atoms. The summed E-state index contributed by atoms with van der Waals surface area (Å²) in [4.78, 5) is 0. The fourth-order valence-electron chi connectivity index (χ4n) is 4.40. The molecule has 0 amide bonds. The van der Waals surface area contributed by atoms with Gasteiger partial charge in [0.1, 0.15) is 0 Å². The summed E-state index contributed by atoms with van der Waals surface area (Å²) in [5, 5.41) is 0. The monoisotopic (exact) mass is 400 g/mol. The molecule has 2 heterocycles. The number of hydrogen-bond acceptors (Lipinski definition) is 4. The summed E-state index contributed by atoms with van der Waals surface area (Å²) in [6.07, 6.45) is 11.0. The molecule has 5 unspecified atom stereocenters. The first-order valence-corrected chi connectivity index (χ1v) is 13.8. The van der Waals surface area contributed by atoms with Gasteiger partial charge >= 0.3 is 0 Å². The van der Waals surface area contributed by atoms with Crippen molar-refractivity contribution in [2.75, 3.05) is 33.0 Å². The summed E-state index contributed by atoms with van der Waals surface area (Å²) in [5.41, 5.74) is 0. The highest BCUT2D eigenvalue weighted by molar-refractivity contribution is 6.51. The molecule has 2 saturated heterocycles. The Morgan fingerprint density at radius 2 is 1.67 bits per heavy atom. The summed E-state index contributed by atoms with van der Waals surface area (Å²) in [6, 6.07) is 2.62. The second-order valence-electron chi connectivity index (χ2n) is 8.35. The first-order chi connectivity index (χ1) is 13.3.